The van der Waals surface area contributed by atoms with Crippen LogP contribution >= 0.6 is 0 Å². The first-order valence-electron chi connectivity index (χ1n) is 4.76. The van der Waals surface area contributed by atoms with E-state index in [-0.39, 0.29) is 6.42 Å². The summed E-state index contributed by atoms with van der Waals surface area (Å²) < 4.78 is 0. The monoisotopic (exact) mass is 213 g/mol. The van der Waals surface area contributed by atoms with Gasteiger partial charge >= 0.3 is 5.97 Å². The van der Waals surface area contributed by atoms with E-state index in [4.69, 9.17) is 10.4 Å². The summed E-state index contributed by atoms with van der Waals surface area (Å²) in [4.78, 5) is 10.9. The molecule has 0 heterocycles. The van der Waals surface area contributed by atoms with Gasteiger partial charge in [0.25, 0.3) is 0 Å². The number of hydrogen-bond donors (Lipinski definition) is 1. The van der Waals surface area contributed by atoms with Crippen molar-refractivity contribution in [2.45, 2.75) is 20.3 Å². The van der Waals surface area contributed by atoms with E-state index in [1.165, 1.54) is 0 Å². The molecule has 0 spiro atoms. The summed E-state index contributed by atoms with van der Waals surface area (Å²) in [6.07, 6.45) is 0.179. The largest absolute Gasteiger partial charge is 0.478 e. The highest BCUT2D eigenvalue weighted by Gasteiger charge is 2.10. The predicted octanol–water partition coefficient (Wildman–Crippen LogP) is 2.27. The van der Waals surface area contributed by atoms with Crippen molar-refractivity contribution < 1.29 is 9.90 Å². The average Bonchev–Trinajstić information content (AvgIpc) is 2.16. The summed E-state index contributed by atoms with van der Waals surface area (Å²) in [6.45, 7) is 3.48. The Kier molecular flexibility index (Phi) is 3.69. The van der Waals surface area contributed by atoms with Crippen LogP contribution in [-0.2, 0) is 0 Å². The van der Waals surface area contributed by atoms with Gasteiger partial charge < -0.3 is 5.11 Å². The molecule has 0 saturated heterocycles. The van der Waals surface area contributed by atoms with Gasteiger partial charge in [0.1, 0.15) is 0 Å². The number of carbonyl (C=O) groups is 1. The molecule has 0 fully saturated rings. The maximum absolute atomic E-state index is 10.9. The minimum absolute atomic E-state index is 0.179. The van der Waals surface area contributed by atoms with Gasteiger partial charge in [0.15, 0.2) is 0 Å². The maximum Gasteiger partial charge on any atom is 0.336 e. The lowest BCUT2D eigenvalue weighted by atomic mass is 9.99. The molecule has 1 N–H and O–H groups in total. The Labute approximate surface area is 94.3 Å². The first kappa shape index (κ1) is 11.8. The van der Waals surface area contributed by atoms with Crippen molar-refractivity contribution in [1.82, 2.24) is 0 Å². The van der Waals surface area contributed by atoms with Gasteiger partial charge in [-0.15, -0.1) is 0 Å². The zero-order valence-corrected chi connectivity index (χ0v) is 9.16. The van der Waals surface area contributed by atoms with Crippen LogP contribution in [0.15, 0.2) is 12.1 Å². The highest BCUT2D eigenvalue weighted by molar-refractivity contribution is 5.91. The Balaban J connectivity index is 3.17. The van der Waals surface area contributed by atoms with E-state index in [1.54, 1.807) is 26.0 Å². The van der Waals surface area contributed by atoms with Crippen molar-refractivity contribution in [1.29, 1.82) is 5.26 Å². The molecule has 0 aromatic heterocycles. The van der Waals surface area contributed by atoms with Crippen LogP contribution in [0.3, 0.4) is 0 Å². The molecule has 1 rings (SSSR count). The van der Waals surface area contributed by atoms with Gasteiger partial charge in [0, 0.05) is 5.56 Å². The van der Waals surface area contributed by atoms with Crippen LogP contribution in [0.1, 0.15) is 33.5 Å². The second-order valence-corrected chi connectivity index (χ2v) is 3.43. The third kappa shape index (κ3) is 2.62. The molecule has 0 saturated carbocycles. The second-order valence-electron chi connectivity index (χ2n) is 3.43. The Morgan fingerprint density at radius 3 is 2.38 bits per heavy atom. The molecule has 3 nitrogen and oxygen atoms in total. The molecule has 0 unspecified atom stereocenters. The Morgan fingerprint density at radius 1 is 1.38 bits per heavy atom. The lowest BCUT2D eigenvalue weighted by Gasteiger charge is -2.05. The van der Waals surface area contributed by atoms with E-state index < -0.39 is 5.97 Å². The van der Waals surface area contributed by atoms with Gasteiger partial charge in [-0.25, -0.2) is 4.79 Å². The molecule has 80 valence electrons. The fourth-order valence-electron chi connectivity index (χ4n) is 1.56. The lowest BCUT2D eigenvalue weighted by molar-refractivity contribution is 0.0695. The molecular formula is C13H11NO2. The van der Waals surface area contributed by atoms with Gasteiger partial charge in [-0.2, -0.15) is 5.26 Å². The van der Waals surface area contributed by atoms with Crippen LogP contribution in [0.25, 0.3) is 0 Å². The van der Waals surface area contributed by atoms with E-state index in [9.17, 15) is 4.79 Å². The SMILES string of the molecule is Cc1cc(C#CCC#N)cc(C)c1C(=O)O. The summed E-state index contributed by atoms with van der Waals surface area (Å²) in [5.74, 6) is 4.60. The number of nitrogens with zero attached hydrogens (tertiary/aromatic N) is 1. The van der Waals surface area contributed by atoms with E-state index in [2.05, 4.69) is 11.8 Å². The number of benzene rings is 1. The average molecular weight is 213 g/mol. The maximum atomic E-state index is 10.9. The minimum atomic E-state index is -0.925. The fraction of sp³-hybridized carbons (Fsp3) is 0.231. The van der Waals surface area contributed by atoms with E-state index in [0.29, 0.717) is 16.7 Å². The number of carboxylic acids is 1. The molecule has 3 heteroatoms. The highest BCUT2D eigenvalue weighted by Crippen LogP contribution is 2.16. The second kappa shape index (κ2) is 5.00. The molecule has 0 aliphatic carbocycles. The molecule has 1 aromatic carbocycles. The number of nitriles is 1. The van der Waals surface area contributed by atoms with E-state index >= 15 is 0 Å². The van der Waals surface area contributed by atoms with Gasteiger partial charge in [-0.1, -0.05) is 11.8 Å². The summed E-state index contributed by atoms with van der Waals surface area (Å²) in [7, 11) is 0. The normalized spacial score (nSPS) is 8.81. The minimum Gasteiger partial charge on any atom is -0.478 e. The predicted molar refractivity (Wildman–Crippen MR) is 60.0 cm³/mol. The molecule has 16 heavy (non-hydrogen) atoms. The molecule has 0 atom stereocenters. The fourth-order valence-corrected chi connectivity index (χ4v) is 1.56. The van der Waals surface area contributed by atoms with Crippen molar-refractivity contribution in [2.24, 2.45) is 0 Å². The quantitative estimate of drug-likeness (QED) is 0.728. The van der Waals surface area contributed by atoms with Gasteiger partial charge in [0.2, 0.25) is 0 Å². The lowest BCUT2D eigenvalue weighted by Crippen LogP contribution is -2.03. The molecule has 0 aliphatic heterocycles. The molecular weight excluding hydrogens is 202 g/mol. The molecule has 0 radical (unpaired) electrons. The van der Waals surface area contributed by atoms with Crippen LogP contribution in [0.2, 0.25) is 0 Å². The standard InChI is InChI=1S/C13H11NO2/c1-9-7-11(5-3-4-6-14)8-10(2)12(9)13(15)16/h7-8H,4H2,1-2H3,(H,15,16). The number of carboxylic acid groups (broad SMARTS) is 1. The van der Waals surface area contributed by atoms with Gasteiger partial charge in [0.05, 0.1) is 18.1 Å². The zero-order chi connectivity index (χ0) is 12.1. The van der Waals surface area contributed by atoms with Crippen LogP contribution in [-0.4, -0.2) is 11.1 Å². The topological polar surface area (TPSA) is 61.1 Å². The van der Waals surface area contributed by atoms with Crippen LogP contribution in [0, 0.1) is 37.0 Å². The zero-order valence-electron chi connectivity index (χ0n) is 9.16. The number of aryl methyl sites for hydroxylation is 2. The Morgan fingerprint density at radius 2 is 1.94 bits per heavy atom. The first-order valence-corrected chi connectivity index (χ1v) is 4.76. The van der Waals surface area contributed by atoms with Crippen LogP contribution in [0.5, 0.6) is 0 Å². The van der Waals surface area contributed by atoms with Crippen LogP contribution in [0.4, 0.5) is 0 Å². The van der Waals surface area contributed by atoms with Gasteiger partial charge in [-0.05, 0) is 37.1 Å². The molecule has 0 amide bonds. The van der Waals surface area contributed by atoms with E-state index in [0.717, 1.165) is 5.56 Å². The summed E-state index contributed by atoms with van der Waals surface area (Å²) in [5, 5.41) is 17.3. The smallest absolute Gasteiger partial charge is 0.336 e. The van der Waals surface area contributed by atoms with Crippen LogP contribution < -0.4 is 0 Å². The number of hydrogen-bond acceptors (Lipinski definition) is 2. The van der Waals surface area contributed by atoms with E-state index in [1.807, 2.05) is 6.07 Å². The Hall–Kier alpha value is -2.26. The number of aromatic carboxylic acids is 1. The summed E-state index contributed by atoms with van der Waals surface area (Å²) >= 11 is 0. The van der Waals surface area contributed by atoms with Crippen molar-refractivity contribution in [3.05, 3.63) is 34.4 Å². The van der Waals surface area contributed by atoms with Crippen molar-refractivity contribution in [2.75, 3.05) is 0 Å². The third-order valence-electron chi connectivity index (χ3n) is 2.15. The van der Waals surface area contributed by atoms with Crippen molar-refractivity contribution in [3.63, 3.8) is 0 Å². The van der Waals surface area contributed by atoms with Crippen molar-refractivity contribution >= 4 is 5.97 Å². The van der Waals surface area contributed by atoms with Gasteiger partial charge in [-0.3, -0.25) is 0 Å². The first-order chi connectivity index (χ1) is 7.56. The highest BCUT2D eigenvalue weighted by atomic mass is 16.4. The molecule has 0 aliphatic rings. The number of rotatable bonds is 1. The Bertz CT molecular complexity index is 504. The third-order valence-corrected chi connectivity index (χ3v) is 2.15. The van der Waals surface area contributed by atoms with Crippen molar-refractivity contribution in [3.8, 4) is 17.9 Å². The summed E-state index contributed by atoms with van der Waals surface area (Å²) in [6, 6.07) is 5.38. The summed E-state index contributed by atoms with van der Waals surface area (Å²) in [5.41, 5.74) is 2.45. The molecule has 0 bridgehead atoms. The molecule has 1 aromatic rings.